The van der Waals surface area contributed by atoms with E-state index in [1.807, 2.05) is 6.07 Å². The van der Waals surface area contributed by atoms with Crippen molar-refractivity contribution in [2.75, 3.05) is 7.11 Å². The predicted octanol–water partition coefficient (Wildman–Crippen LogP) is 4.48. The van der Waals surface area contributed by atoms with Gasteiger partial charge < -0.3 is 9.47 Å². The minimum Gasteiger partial charge on any atom is -0.493 e. The van der Waals surface area contributed by atoms with Gasteiger partial charge in [0.05, 0.1) is 18.0 Å². The minimum atomic E-state index is -2.93. The van der Waals surface area contributed by atoms with Gasteiger partial charge in [-0.15, -0.1) is 6.58 Å². The largest absolute Gasteiger partial charge is 0.493 e. The van der Waals surface area contributed by atoms with Gasteiger partial charge in [-0.1, -0.05) is 36.0 Å². The zero-order valence-corrected chi connectivity index (χ0v) is 15.9. The van der Waals surface area contributed by atoms with E-state index in [9.17, 15) is 13.6 Å². The Labute approximate surface area is 164 Å². The first kappa shape index (κ1) is 19.9. The van der Waals surface area contributed by atoms with E-state index in [1.54, 1.807) is 41.0 Å². The Kier molecular flexibility index (Phi) is 6.30. The van der Waals surface area contributed by atoms with Gasteiger partial charge in [-0.05, 0) is 29.8 Å². The summed E-state index contributed by atoms with van der Waals surface area (Å²) in [6.07, 6.45) is 1.64. The number of ether oxygens (including phenoxy) is 2. The van der Waals surface area contributed by atoms with Crippen LogP contribution < -0.4 is 15.0 Å². The maximum atomic E-state index is 12.8. The summed E-state index contributed by atoms with van der Waals surface area (Å²) in [7, 11) is 1.39. The summed E-state index contributed by atoms with van der Waals surface area (Å²) in [4.78, 5) is 17.3. The molecular formula is C20H18F2N2O3S. The molecule has 1 aromatic heterocycles. The average molecular weight is 404 g/mol. The summed E-state index contributed by atoms with van der Waals surface area (Å²) >= 11 is 1.37. The third kappa shape index (κ3) is 4.33. The second-order valence-corrected chi connectivity index (χ2v) is 6.71. The van der Waals surface area contributed by atoms with Crippen LogP contribution in [0.2, 0.25) is 0 Å². The van der Waals surface area contributed by atoms with Gasteiger partial charge in [-0.2, -0.15) is 8.78 Å². The van der Waals surface area contributed by atoms with Crippen molar-refractivity contribution >= 4 is 22.7 Å². The van der Waals surface area contributed by atoms with Gasteiger partial charge in [0.1, 0.15) is 0 Å². The second kappa shape index (κ2) is 8.88. The maximum absolute atomic E-state index is 12.8. The number of para-hydroxylation sites is 1. The Morgan fingerprint density at radius 1 is 1.25 bits per heavy atom. The van der Waals surface area contributed by atoms with E-state index in [1.165, 1.54) is 24.9 Å². The van der Waals surface area contributed by atoms with E-state index in [0.717, 1.165) is 5.56 Å². The van der Waals surface area contributed by atoms with Crippen LogP contribution in [0.1, 0.15) is 5.56 Å². The molecule has 0 aliphatic heterocycles. The molecule has 5 nitrogen and oxygen atoms in total. The van der Waals surface area contributed by atoms with E-state index in [4.69, 9.17) is 4.74 Å². The molecule has 2 aromatic carbocycles. The van der Waals surface area contributed by atoms with Gasteiger partial charge in [0.15, 0.2) is 16.7 Å². The van der Waals surface area contributed by atoms with E-state index < -0.39 is 6.61 Å². The summed E-state index contributed by atoms with van der Waals surface area (Å²) in [6, 6.07) is 11.9. The fourth-order valence-corrected chi connectivity index (χ4v) is 3.64. The number of hydrogen-bond donors (Lipinski definition) is 0. The lowest BCUT2D eigenvalue weighted by molar-refractivity contribution is -0.0512. The molecular weight excluding hydrogens is 386 g/mol. The summed E-state index contributed by atoms with van der Waals surface area (Å²) in [5.74, 6) is 0.653. The molecule has 146 valence electrons. The van der Waals surface area contributed by atoms with E-state index in [-0.39, 0.29) is 17.1 Å². The number of aromatic nitrogens is 2. The number of hydrogen-bond acceptors (Lipinski definition) is 5. The zero-order valence-electron chi connectivity index (χ0n) is 15.1. The van der Waals surface area contributed by atoms with Crippen molar-refractivity contribution in [2.45, 2.75) is 24.1 Å². The monoisotopic (exact) mass is 404 g/mol. The fourth-order valence-electron chi connectivity index (χ4n) is 2.69. The zero-order chi connectivity index (χ0) is 20.1. The molecule has 0 aliphatic carbocycles. The van der Waals surface area contributed by atoms with Crippen LogP contribution in [-0.2, 0) is 12.3 Å². The van der Waals surface area contributed by atoms with Crippen LogP contribution in [0.3, 0.4) is 0 Å². The highest BCUT2D eigenvalue weighted by Gasteiger charge is 2.13. The Morgan fingerprint density at radius 3 is 2.75 bits per heavy atom. The Morgan fingerprint density at radius 2 is 2.04 bits per heavy atom. The first-order valence-corrected chi connectivity index (χ1v) is 9.37. The molecule has 0 saturated carbocycles. The molecule has 0 N–H and O–H groups in total. The van der Waals surface area contributed by atoms with Gasteiger partial charge in [-0.25, -0.2) is 4.98 Å². The van der Waals surface area contributed by atoms with Crippen LogP contribution in [0.4, 0.5) is 8.78 Å². The van der Waals surface area contributed by atoms with Crippen molar-refractivity contribution in [1.82, 2.24) is 9.55 Å². The molecule has 3 aromatic rings. The highest BCUT2D eigenvalue weighted by molar-refractivity contribution is 7.98. The summed E-state index contributed by atoms with van der Waals surface area (Å²) in [5.41, 5.74) is 1.30. The molecule has 0 unspecified atom stereocenters. The van der Waals surface area contributed by atoms with E-state index in [0.29, 0.717) is 28.4 Å². The minimum absolute atomic E-state index is 0.0290. The lowest BCUT2D eigenvalue weighted by Crippen LogP contribution is -2.22. The molecule has 28 heavy (non-hydrogen) atoms. The number of methoxy groups -OCH3 is 1. The molecule has 3 rings (SSSR count). The number of allylic oxidation sites excluding steroid dienone is 1. The first-order chi connectivity index (χ1) is 13.5. The number of thioether (sulfide) groups is 1. The topological polar surface area (TPSA) is 53.4 Å². The lowest BCUT2D eigenvalue weighted by Gasteiger charge is -2.13. The quantitative estimate of drug-likeness (QED) is 0.315. The van der Waals surface area contributed by atoms with Crippen molar-refractivity contribution < 1.29 is 18.3 Å². The number of rotatable bonds is 8. The Hall–Kier alpha value is -2.87. The third-order valence-electron chi connectivity index (χ3n) is 3.95. The Bertz CT molecular complexity index is 1050. The SMILES string of the molecule is C=CCn1c(SCc2ccc(OC(F)F)c(OC)c2)nc2ccccc2c1=O. The van der Waals surface area contributed by atoms with Crippen molar-refractivity contribution in [3.05, 3.63) is 71.0 Å². The number of nitrogens with zero attached hydrogens (tertiary/aromatic N) is 2. The molecule has 8 heteroatoms. The fraction of sp³-hybridized carbons (Fsp3) is 0.200. The molecule has 0 spiro atoms. The van der Waals surface area contributed by atoms with Crippen molar-refractivity contribution in [2.24, 2.45) is 0 Å². The maximum Gasteiger partial charge on any atom is 0.387 e. The molecule has 0 aliphatic rings. The highest BCUT2D eigenvalue weighted by Crippen LogP contribution is 2.32. The van der Waals surface area contributed by atoms with Crippen LogP contribution in [0.5, 0.6) is 11.5 Å². The first-order valence-electron chi connectivity index (χ1n) is 8.38. The highest BCUT2D eigenvalue weighted by atomic mass is 32.2. The molecule has 0 amide bonds. The van der Waals surface area contributed by atoms with Crippen molar-refractivity contribution in [1.29, 1.82) is 0 Å². The van der Waals surface area contributed by atoms with Crippen LogP contribution in [0.15, 0.2) is 65.1 Å². The number of alkyl halides is 2. The van der Waals surface area contributed by atoms with E-state index >= 15 is 0 Å². The van der Waals surface area contributed by atoms with Gasteiger partial charge >= 0.3 is 6.61 Å². The molecule has 0 fully saturated rings. The standard InChI is InChI=1S/C20H18F2N2O3S/c1-3-10-24-18(25)14-6-4-5-7-15(14)23-20(24)28-12-13-8-9-16(27-19(21)22)17(11-13)26-2/h3-9,11,19H,1,10,12H2,2H3. The molecule has 0 atom stereocenters. The van der Waals surface area contributed by atoms with Crippen molar-refractivity contribution in [3.63, 3.8) is 0 Å². The van der Waals surface area contributed by atoms with Gasteiger partial charge in [0.2, 0.25) is 0 Å². The molecule has 1 heterocycles. The van der Waals surface area contributed by atoms with Crippen LogP contribution in [0.25, 0.3) is 10.9 Å². The number of fused-ring (bicyclic) bond motifs is 1. The smallest absolute Gasteiger partial charge is 0.387 e. The molecule has 0 saturated heterocycles. The van der Waals surface area contributed by atoms with Crippen molar-refractivity contribution in [3.8, 4) is 11.5 Å². The van der Waals surface area contributed by atoms with Crippen LogP contribution in [-0.4, -0.2) is 23.3 Å². The predicted molar refractivity (Wildman–Crippen MR) is 105 cm³/mol. The Balaban J connectivity index is 1.90. The number of benzene rings is 2. The normalized spacial score (nSPS) is 11.0. The summed E-state index contributed by atoms with van der Waals surface area (Å²) < 4.78 is 36.0. The van der Waals surface area contributed by atoms with E-state index in [2.05, 4.69) is 16.3 Å². The van der Waals surface area contributed by atoms with Gasteiger partial charge in [0, 0.05) is 12.3 Å². The van der Waals surface area contributed by atoms with Crippen LogP contribution >= 0.6 is 11.8 Å². The second-order valence-electron chi connectivity index (χ2n) is 5.77. The summed E-state index contributed by atoms with van der Waals surface area (Å²) in [6.45, 7) is 1.11. The number of halogens is 2. The summed E-state index contributed by atoms with van der Waals surface area (Å²) in [5, 5.41) is 1.10. The lowest BCUT2D eigenvalue weighted by atomic mass is 10.2. The van der Waals surface area contributed by atoms with Gasteiger partial charge in [-0.3, -0.25) is 9.36 Å². The molecule has 0 bridgehead atoms. The van der Waals surface area contributed by atoms with Crippen LogP contribution in [0, 0.1) is 0 Å². The molecule has 0 radical (unpaired) electrons. The van der Waals surface area contributed by atoms with Gasteiger partial charge in [0.25, 0.3) is 5.56 Å². The average Bonchev–Trinajstić information content (AvgIpc) is 2.69. The third-order valence-corrected chi connectivity index (χ3v) is 5.00.